The molecule has 2 aliphatic heterocycles. The highest BCUT2D eigenvalue weighted by atomic mass is 19.1. The summed E-state index contributed by atoms with van der Waals surface area (Å²) >= 11 is 0. The molecule has 1 aromatic heterocycles. The summed E-state index contributed by atoms with van der Waals surface area (Å²) in [6, 6.07) is 6.64. The summed E-state index contributed by atoms with van der Waals surface area (Å²) in [6.07, 6.45) is 5.72. The summed E-state index contributed by atoms with van der Waals surface area (Å²) in [5.74, 6) is 2.28. The molecule has 0 radical (unpaired) electrons. The number of methoxy groups -OCH3 is 1. The molecular weight excluding hydrogens is 373 g/mol. The van der Waals surface area contributed by atoms with Gasteiger partial charge < -0.3 is 20.5 Å². The van der Waals surface area contributed by atoms with Gasteiger partial charge in [0.2, 0.25) is 5.95 Å². The van der Waals surface area contributed by atoms with Crippen molar-refractivity contribution in [3.8, 4) is 11.5 Å². The summed E-state index contributed by atoms with van der Waals surface area (Å²) in [4.78, 5) is 12.7. The van der Waals surface area contributed by atoms with E-state index in [0.717, 1.165) is 29.3 Å². The molecule has 3 unspecified atom stereocenters. The van der Waals surface area contributed by atoms with Gasteiger partial charge in [-0.2, -0.15) is 0 Å². The predicted molar refractivity (Wildman–Crippen MR) is 107 cm³/mol. The van der Waals surface area contributed by atoms with Crippen LogP contribution >= 0.6 is 0 Å². The zero-order valence-corrected chi connectivity index (χ0v) is 15.8. The first-order valence-corrected chi connectivity index (χ1v) is 9.42. The number of nitrogens with one attached hydrogen (secondary N) is 1. The van der Waals surface area contributed by atoms with Gasteiger partial charge in [0.15, 0.2) is 0 Å². The standard InChI is InChI=1S/C21H20FN5O2/c1-28-14-2-3-18-12(7-14)6-13(10-29-18)20-25-17-9-11(8-15(22)19(17)27-20)16-4-5-24-21(23)26-16/h2-5,7-9,13,17,19H,6,10H2,1H3,(H,25,27)(H2,23,24,26). The summed E-state index contributed by atoms with van der Waals surface area (Å²) in [7, 11) is 1.64. The average Bonchev–Trinajstić information content (AvgIpc) is 3.18. The number of fused-ring (bicyclic) bond motifs is 2. The second kappa shape index (κ2) is 6.88. The van der Waals surface area contributed by atoms with E-state index in [0.29, 0.717) is 17.9 Å². The Morgan fingerprint density at radius 3 is 3.03 bits per heavy atom. The number of aromatic nitrogens is 2. The van der Waals surface area contributed by atoms with E-state index in [4.69, 9.17) is 15.2 Å². The first-order valence-electron chi connectivity index (χ1n) is 9.42. The van der Waals surface area contributed by atoms with Crippen LogP contribution in [0.15, 0.2) is 53.4 Å². The third-order valence-corrected chi connectivity index (χ3v) is 5.40. The van der Waals surface area contributed by atoms with Crippen LogP contribution in [-0.2, 0) is 6.42 Å². The van der Waals surface area contributed by atoms with Gasteiger partial charge in [-0.1, -0.05) is 6.08 Å². The molecule has 3 atom stereocenters. The number of ether oxygens (including phenoxy) is 2. The Hall–Kier alpha value is -3.42. The van der Waals surface area contributed by atoms with Crippen molar-refractivity contribution in [2.75, 3.05) is 19.5 Å². The Morgan fingerprint density at radius 1 is 1.31 bits per heavy atom. The molecular formula is C21H20FN5O2. The highest BCUT2D eigenvalue weighted by Gasteiger charge is 2.37. The Morgan fingerprint density at radius 2 is 2.21 bits per heavy atom. The molecule has 2 aromatic rings. The molecule has 3 heterocycles. The zero-order valence-electron chi connectivity index (χ0n) is 15.8. The minimum Gasteiger partial charge on any atom is -0.497 e. The summed E-state index contributed by atoms with van der Waals surface area (Å²) in [6.45, 7) is 0.495. The molecule has 1 aliphatic carbocycles. The van der Waals surface area contributed by atoms with Crippen LogP contribution in [0.2, 0.25) is 0 Å². The molecule has 0 saturated carbocycles. The Kier molecular flexibility index (Phi) is 4.19. The van der Waals surface area contributed by atoms with E-state index >= 15 is 0 Å². The number of nitrogen functional groups attached to an aromatic ring is 1. The van der Waals surface area contributed by atoms with E-state index in [2.05, 4.69) is 20.3 Å². The molecule has 0 fully saturated rings. The monoisotopic (exact) mass is 393 g/mol. The number of rotatable bonds is 3. The molecule has 8 heteroatoms. The highest BCUT2D eigenvalue weighted by Crippen LogP contribution is 2.34. The smallest absolute Gasteiger partial charge is 0.220 e. The highest BCUT2D eigenvalue weighted by molar-refractivity contribution is 5.89. The van der Waals surface area contributed by atoms with Crippen molar-refractivity contribution in [1.29, 1.82) is 0 Å². The number of allylic oxidation sites excluding steroid dienone is 2. The molecule has 5 rings (SSSR count). The van der Waals surface area contributed by atoms with Gasteiger partial charge >= 0.3 is 0 Å². The lowest BCUT2D eigenvalue weighted by Crippen LogP contribution is -2.40. The summed E-state index contributed by atoms with van der Waals surface area (Å²) in [5, 5.41) is 3.37. The normalized spacial score (nSPS) is 24.9. The van der Waals surface area contributed by atoms with Gasteiger partial charge in [-0.15, -0.1) is 0 Å². The molecule has 0 saturated heterocycles. The second-order valence-corrected chi connectivity index (χ2v) is 7.27. The van der Waals surface area contributed by atoms with Gasteiger partial charge in [-0.3, -0.25) is 4.99 Å². The number of amidine groups is 1. The number of anilines is 1. The van der Waals surface area contributed by atoms with Crippen LogP contribution in [0.1, 0.15) is 11.3 Å². The van der Waals surface area contributed by atoms with Gasteiger partial charge in [0.25, 0.3) is 0 Å². The maximum Gasteiger partial charge on any atom is 0.220 e. The molecule has 7 nitrogen and oxygen atoms in total. The topological polar surface area (TPSA) is 94.7 Å². The van der Waals surface area contributed by atoms with Crippen molar-refractivity contribution in [2.45, 2.75) is 18.5 Å². The number of nitrogens with zero attached hydrogens (tertiary/aromatic N) is 3. The fraction of sp³-hybridized carbons (Fsp3) is 0.286. The minimum atomic E-state index is -0.570. The maximum absolute atomic E-state index is 14.8. The molecule has 29 heavy (non-hydrogen) atoms. The molecule has 0 amide bonds. The van der Waals surface area contributed by atoms with Crippen LogP contribution in [0.25, 0.3) is 5.57 Å². The molecule has 0 spiro atoms. The molecule has 0 bridgehead atoms. The number of benzene rings is 1. The van der Waals surface area contributed by atoms with Gasteiger partial charge in [-0.25, -0.2) is 14.4 Å². The fourth-order valence-electron chi connectivity index (χ4n) is 3.95. The first-order chi connectivity index (χ1) is 14.1. The minimum absolute atomic E-state index is 0.0274. The van der Waals surface area contributed by atoms with Crippen LogP contribution in [-0.4, -0.2) is 41.6 Å². The summed E-state index contributed by atoms with van der Waals surface area (Å²) in [5.41, 5.74) is 7.97. The Labute approximate surface area is 167 Å². The molecule has 3 aliphatic rings. The van der Waals surface area contributed by atoms with E-state index in [1.807, 2.05) is 24.3 Å². The van der Waals surface area contributed by atoms with Crippen LogP contribution in [0.4, 0.5) is 10.3 Å². The Balaban J connectivity index is 1.38. The van der Waals surface area contributed by atoms with Crippen LogP contribution in [0, 0.1) is 5.92 Å². The van der Waals surface area contributed by atoms with E-state index in [1.165, 1.54) is 6.08 Å². The molecule has 3 N–H and O–H groups in total. The second-order valence-electron chi connectivity index (χ2n) is 7.27. The van der Waals surface area contributed by atoms with E-state index in [1.54, 1.807) is 19.4 Å². The van der Waals surface area contributed by atoms with Gasteiger partial charge in [0, 0.05) is 11.8 Å². The van der Waals surface area contributed by atoms with Gasteiger partial charge in [-0.05, 0) is 42.3 Å². The number of aliphatic imine (C=N–C) groups is 1. The third-order valence-electron chi connectivity index (χ3n) is 5.40. The van der Waals surface area contributed by atoms with Gasteiger partial charge in [0.05, 0.1) is 31.4 Å². The van der Waals surface area contributed by atoms with E-state index < -0.39 is 6.04 Å². The number of halogens is 1. The third kappa shape index (κ3) is 3.20. The lowest BCUT2D eigenvalue weighted by molar-refractivity contribution is 0.256. The van der Waals surface area contributed by atoms with Crippen molar-refractivity contribution < 1.29 is 13.9 Å². The summed E-state index contributed by atoms with van der Waals surface area (Å²) < 4.78 is 26.0. The van der Waals surface area contributed by atoms with Crippen LogP contribution in [0.5, 0.6) is 11.5 Å². The van der Waals surface area contributed by atoms with E-state index in [9.17, 15) is 4.39 Å². The van der Waals surface area contributed by atoms with Crippen molar-refractivity contribution in [1.82, 2.24) is 15.3 Å². The molecule has 1 aromatic carbocycles. The molecule has 148 valence electrons. The fourth-order valence-corrected chi connectivity index (χ4v) is 3.95. The number of hydrogen-bond acceptors (Lipinski definition) is 7. The quantitative estimate of drug-likeness (QED) is 0.831. The van der Waals surface area contributed by atoms with Crippen LogP contribution < -0.4 is 20.5 Å². The zero-order chi connectivity index (χ0) is 20.0. The lowest BCUT2D eigenvalue weighted by Gasteiger charge is -2.26. The van der Waals surface area contributed by atoms with Crippen LogP contribution in [0.3, 0.4) is 0 Å². The van der Waals surface area contributed by atoms with Crippen molar-refractivity contribution in [3.05, 3.63) is 59.7 Å². The van der Waals surface area contributed by atoms with Crippen molar-refractivity contribution in [2.24, 2.45) is 10.9 Å². The maximum atomic E-state index is 14.8. The van der Waals surface area contributed by atoms with Gasteiger partial charge in [0.1, 0.15) is 29.2 Å². The Bertz CT molecular complexity index is 1060. The predicted octanol–water partition coefficient (Wildman–Crippen LogP) is 2.31. The van der Waals surface area contributed by atoms with E-state index in [-0.39, 0.29) is 23.7 Å². The van der Waals surface area contributed by atoms with Crippen molar-refractivity contribution in [3.63, 3.8) is 0 Å². The lowest BCUT2D eigenvalue weighted by atomic mass is 9.95. The number of nitrogens with two attached hydrogens (primary N) is 1. The van der Waals surface area contributed by atoms with Crippen molar-refractivity contribution >= 4 is 17.4 Å². The number of hydrogen-bond donors (Lipinski definition) is 2. The largest absolute Gasteiger partial charge is 0.497 e. The SMILES string of the molecule is COc1ccc2c(c1)CC(C1=NC3C(F)=CC(c4ccnc(N)n4)=CC3N1)CO2. The average molecular weight is 393 g/mol. The first kappa shape index (κ1) is 17.7.